The maximum Gasteiger partial charge on any atom is 0.347 e. The van der Waals surface area contributed by atoms with Crippen molar-refractivity contribution in [3.8, 4) is 5.75 Å². The number of esters is 2. The molecule has 0 saturated carbocycles. The van der Waals surface area contributed by atoms with Crippen molar-refractivity contribution in [2.75, 3.05) is 11.3 Å². The third-order valence-electron chi connectivity index (χ3n) is 3.97. The van der Waals surface area contributed by atoms with Gasteiger partial charge in [-0.3, -0.25) is 14.8 Å². The van der Waals surface area contributed by atoms with E-state index < -0.39 is 44.3 Å². The number of sulfonamides is 1. The van der Waals surface area contributed by atoms with Gasteiger partial charge in [-0.25, -0.2) is 18.0 Å². The summed E-state index contributed by atoms with van der Waals surface area (Å²) in [5, 5.41) is 20.6. The summed E-state index contributed by atoms with van der Waals surface area (Å²) in [5.41, 5.74) is -0.606. The Hall–Kier alpha value is -3.67. The van der Waals surface area contributed by atoms with Crippen LogP contribution in [0.1, 0.15) is 16.8 Å². The van der Waals surface area contributed by atoms with Gasteiger partial charge in [-0.15, -0.1) is 0 Å². The van der Waals surface area contributed by atoms with Crippen LogP contribution in [0.15, 0.2) is 47.4 Å². The zero-order valence-corrected chi connectivity index (χ0v) is 15.4. The van der Waals surface area contributed by atoms with Crippen LogP contribution in [0.4, 0.5) is 11.4 Å². The molecule has 1 saturated heterocycles. The molecule has 3 rings (SSSR count). The molecule has 1 aliphatic heterocycles. The lowest BCUT2D eigenvalue weighted by atomic mass is 10.2. The SMILES string of the molecule is O=C(OC1CCOC1=O)c1cc(S(=O)(=O)Nc2ccc([N+](=O)[O-])cc2)ccc1O. The average Bonchev–Trinajstić information content (AvgIpc) is 3.06. The highest BCUT2D eigenvalue weighted by atomic mass is 32.2. The van der Waals surface area contributed by atoms with Crippen LogP contribution >= 0.6 is 0 Å². The highest BCUT2D eigenvalue weighted by Crippen LogP contribution is 2.26. The molecule has 1 heterocycles. The molecule has 29 heavy (non-hydrogen) atoms. The Morgan fingerprint density at radius 1 is 1.24 bits per heavy atom. The molecule has 2 N–H and O–H groups in total. The predicted octanol–water partition coefficient (Wildman–Crippen LogP) is 1.57. The number of hydrogen-bond donors (Lipinski definition) is 2. The Balaban J connectivity index is 1.82. The second-order valence-corrected chi connectivity index (χ2v) is 7.62. The highest BCUT2D eigenvalue weighted by molar-refractivity contribution is 7.92. The molecule has 1 aliphatic rings. The van der Waals surface area contributed by atoms with Crippen LogP contribution in [0.5, 0.6) is 5.75 Å². The number of benzene rings is 2. The van der Waals surface area contributed by atoms with Gasteiger partial charge >= 0.3 is 11.9 Å². The average molecular weight is 422 g/mol. The molecule has 12 heteroatoms. The summed E-state index contributed by atoms with van der Waals surface area (Å²) in [6, 6.07) is 7.60. The van der Waals surface area contributed by atoms with Crippen molar-refractivity contribution in [1.29, 1.82) is 0 Å². The molecule has 0 bridgehead atoms. The van der Waals surface area contributed by atoms with Crippen molar-refractivity contribution in [3.63, 3.8) is 0 Å². The van der Waals surface area contributed by atoms with Crippen LogP contribution in [0, 0.1) is 10.1 Å². The van der Waals surface area contributed by atoms with Gasteiger partial charge in [-0.2, -0.15) is 0 Å². The second-order valence-electron chi connectivity index (χ2n) is 5.94. The first kappa shape index (κ1) is 20.1. The summed E-state index contributed by atoms with van der Waals surface area (Å²) in [6.07, 6.45) is -0.967. The molecule has 2 aromatic rings. The number of hydrogen-bond acceptors (Lipinski definition) is 9. The first-order valence-electron chi connectivity index (χ1n) is 8.15. The number of nitro benzene ring substituents is 1. The molecule has 0 aliphatic carbocycles. The number of non-ortho nitro benzene ring substituents is 1. The van der Waals surface area contributed by atoms with E-state index in [1.54, 1.807) is 0 Å². The molecule has 1 atom stereocenters. The number of nitrogens with one attached hydrogen (secondary N) is 1. The molecule has 0 radical (unpaired) electrons. The quantitative estimate of drug-likeness (QED) is 0.400. The van der Waals surface area contributed by atoms with Gasteiger partial charge < -0.3 is 14.6 Å². The summed E-state index contributed by atoms with van der Waals surface area (Å²) < 4.78 is 36.9. The lowest BCUT2D eigenvalue weighted by Crippen LogP contribution is -2.23. The van der Waals surface area contributed by atoms with Gasteiger partial charge in [-0.1, -0.05) is 0 Å². The van der Waals surface area contributed by atoms with Crippen molar-refractivity contribution in [2.24, 2.45) is 0 Å². The number of cyclic esters (lactones) is 1. The van der Waals surface area contributed by atoms with Crippen LogP contribution < -0.4 is 4.72 Å². The van der Waals surface area contributed by atoms with Gasteiger partial charge in [0, 0.05) is 24.2 Å². The third-order valence-corrected chi connectivity index (χ3v) is 5.34. The third kappa shape index (κ3) is 4.43. The van der Waals surface area contributed by atoms with Crippen LogP contribution in [0.25, 0.3) is 0 Å². The van der Waals surface area contributed by atoms with Gasteiger partial charge in [0.2, 0.25) is 6.10 Å². The van der Waals surface area contributed by atoms with Crippen molar-refractivity contribution in [3.05, 3.63) is 58.1 Å². The number of phenols is 1. The number of ether oxygens (including phenoxy) is 2. The summed E-state index contributed by atoms with van der Waals surface area (Å²) in [5.74, 6) is -2.34. The Morgan fingerprint density at radius 3 is 2.52 bits per heavy atom. The molecule has 1 unspecified atom stereocenters. The highest BCUT2D eigenvalue weighted by Gasteiger charge is 2.31. The molecule has 0 amide bonds. The van der Waals surface area contributed by atoms with Crippen LogP contribution in [0.2, 0.25) is 0 Å². The lowest BCUT2D eigenvalue weighted by Gasteiger charge is -2.12. The normalized spacial score (nSPS) is 16.1. The van der Waals surface area contributed by atoms with Gasteiger partial charge in [-0.05, 0) is 30.3 Å². The summed E-state index contributed by atoms with van der Waals surface area (Å²) >= 11 is 0. The maximum absolute atomic E-state index is 12.6. The molecule has 152 valence electrons. The number of nitrogens with zero attached hydrogens (tertiary/aromatic N) is 1. The summed E-state index contributed by atoms with van der Waals surface area (Å²) in [7, 11) is -4.19. The number of carbonyl (C=O) groups excluding carboxylic acids is 2. The van der Waals surface area contributed by atoms with E-state index in [2.05, 4.69) is 9.46 Å². The van der Waals surface area contributed by atoms with Crippen LogP contribution in [0.3, 0.4) is 0 Å². The first-order valence-corrected chi connectivity index (χ1v) is 9.63. The standard InChI is InChI=1S/C17H14N2O9S/c20-14-6-5-12(9-13(14)16(21)28-15-7-8-27-17(15)22)29(25,26)18-10-1-3-11(4-2-10)19(23)24/h1-6,9,15,18,20H,7-8H2. The fourth-order valence-corrected chi connectivity index (χ4v) is 3.57. The fraction of sp³-hybridized carbons (Fsp3) is 0.176. The number of anilines is 1. The van der Waals surface area contributed by atoms with Gasteiger partial charge in [0.15, 0.2) is 0 Å². The Bertz CT molecular complexity index is 1080. The topological polar surface area (TPSA) is 162 Å². The molecule has 2 aromatic carbocycles. The van der Waals surface area contributed by atoms with E-state index in [0.717, 1.165) is 30.3 Å². The Kier molecular flexibility index (Phi) is 5.37. The van der Waals surface area contributed by atoms with Crippen LogP contribution in [-0.2, 0) is 24.3 Å². The van der Waals surface area contributed by atoms with Gasteiger partial charge in [0.25, 0.3) is 15.7 Å². The number of nitro groups is 1. The van der Waals surface area contributed by atoms with E-state index in [9.17, 15) is 33.2 Å². The molecule has 0 aromatic heterocycles. The monoisotopic (exact) mass is 422 g/mol. The smallest absolute Gasteiger partial charge is 0.347 e. The lowest BCUT2D eigenvalue weighted by molar-refractivity contribution is -0.384. The second kappa shape index (κ2) is 7.75. The van der Waals surface area contributed by atoms with Crippen molar-refractivity contribution >= 4 is 33.3 Å². The fourth-order valence-electron chi connectivity index (χ4n) is 2.49. The minimum atomic E-state index is -4.19. The van der Waals surface area contributed by atoms with Crippen molar-refractivity contribution < 1.29 is 37.5 Å². The number of rotatable bonds is 6. The summed E-state index contributed by atoms with van der Waals surface area (Å²) in [4.78, 5) is 33.3. The van der Waals surface area contributed by atoms with E-state index in [4.69, 9.17) is 4.74 Å². The van der Waals surface area contributed by atoms with Crippen molar-refractivity contribution in [2.45, 2.75) is 17.4 Å². The minimum absolute atomic E-state index is 0.0569. The predicted molar refractivity (Wildman–Crippen MR) is 96.8 cm³/mol. The largest absolute Gasteiger partial charge is 0.507 e. The zero-order chi connectivity index (χ0) is 21.2. The Labute approximate surface area is 164 Å². The van der Waals surface area contributed by atoms with Gasteiger partial charge in [0.05, 0.1) is 16.4 Å². The maximum atomic E-state index is 12.6. The zero-order valence-electron chi connectivity index (χ0n) is 14.6. The number of phenolic OH excluding ortho intramolecular Hbond substituents is 1. The first-order chi connectivity index (χ1) is 13.7. The van der Waals surface area contributed by atoms with Crippen LogP contribution in [-0.4, -0.2) is 43.1 Å². The van der Waals surface area contributed by atoms with E-state index in [1.165, 1.54) is 12.1 Å². The number of carbonyl (C=O) groups is 2. The molecular formula is C17H14N2O9S. The van der Waals surface area contributed by atoms with E-state index in [1.807, 2.05) is 0 Å². The number of aromatic hydroxyl groups is 1. The molecule has 1 fully saturated rings. The van der Waals surface area contributed by atoms with E-state index in [0.29, 0.717) is 0 Å². The molecule has 0 spiro atoms. The summed E-state index contributed by atoms with van der Waals surface area (Å²) in [6.45, 7) is 0.0936. The Morgan fingerprint density at radius 2 is 1.93 bits per heavy atom. The minimum Gasteiger partial charge on any atom is -0.507 e. The molecule has 11 nitrogen and oxygen atoms in total. The van der Waals surface area contributed by atoms with Crippen molar-refractivity contribution in [1.82, 2.24) is 0 Å². The van der Waals surface area contributed by atoms with Gasteiger partial charge in [0.1, 0.15) is 11.3 Å². The molecular weight excluding hydrogens is 408 g/mol. The van der Waals surface area contributed by atoms with E-state index >= 15 is 0 Å². The van der Waals surface area contributed by atoms with E-state index in [-0.39, 0.29) is 29.3 Å².